The molecule has 1 aliphatic heterocycles. The van der Waals surface area contributed by atoms with Crippen LogP contribution in [0.15, 0.2) is 0 Å². The molecule has 0 aromatic carbocycles. The number of hydrogen-bond donors (Lipinski definition) is 2. The fraction of sp³-hybridized carbons (Fsp3) is 0.667. The second-order valence-electron chi connectivity index (χ2n) is 6.94. The van der Waals surface area contributed by atoms with Crippen LogP contribution in [0.25, 0.3) is 0 Å². The smallest absolute Gasteiger partial charge is 0.341 e. The zero-order chi connectivity index (χ0) is 17.1. The van der Waals surface area contributed by atoms with Crippen molar-refractivity contribution in [1.29, 1.82) is 0 Å². The number of ether oxygens (including phenoxy) is 1. The molecule has 0 saturated carbocycles. The van der Waals surface area contributed by atoms with Crippen LogP contribution >= 0.6 is 11.3 Å². The van der Waals surface area contributed by atoms with Gasteiger partial charge >= 0.3 is 5.97 Å². The first-order valence-electron chi connectivity index (χ1n) is 9.03. The minimum atomic E-state index is -0.300. The van der Waals surface area contributed by atoms with E-state index in [2.05, 4.69) is 12.2 Å². The van der Waals surface area contributed by atoms with Crippen molar-refractivity contribution in [2.45, 2.75) is 46.0 Å². The van der Waals surface area contributed by atoms with E-state index < -0.39 is 0 Å². The minimum Gasteiger partial charge on any atom is -0.462 e. The topological polar surface area (TPSA) is 59.8 Å². The molecule has 1 amide bonds. The molecule has 1 fully saturated rings. The van der Waals surface area contributed by atoms with E-state index in [9.17, 15) is 9.59 Å². The molecular weight excluding hydrogens is 324 g/mol. The number of carbonyl (C=O) groups excluding carboxylic acids is 2. The Labute approximate surface area is 147 Å². The highest BCUT2D eigenvalue weighted by atomic mass is 32.1. The number of nitrogens with one attached hydrogen (secondary N) is 2. The molecule has 0 atom stereocenters. The summed E-state index contributed by atoms with van der Waals surface area (Å²) in [4.78, 5) is 27.3. The van der Waals surface area contributed by atoms with Crippen LogP contribution in [0, 0.1) is 5.92 Å². The highest BCUT2D eigenvalue weighted by Crippen LogP contribution is 2.39. The van der Waals surface area contributed by atoms with Gasteiger partial charge < -0.3 is 15.0 Å². The molecule has 1 aromatic heterocycles. The average molecular weight is 351 g/mol. The van der Waals surface area contributed by atoms with E-state index in [0.717, 1.165) is 43.8 Å². The lowest BCUT2D eigenvalue weighted by atomic mass is 9.99. The van der Waals surface area contributed by atoms with Crippen molar-refractivity contribution in [2.24, 2.45) is 5.92 Å². The third-order valence-electron chi connectivity index (χ3n) is 5.05. The molecular formula is C18H27N2O3S+. The Morgan fingerprint density at radius 3 is 2.75 bits per heavy atom. The summed E-state index contributed by atoms with van der Waals surface area (Å²) in [6.07, 6.45) is 5.36. The molecule has 5 nitrogen and oxygen atoms in total. The number of rotatable bonds is 5. The van der Waals surface area contributed by atoms with E-state index >= 15 is 0 Å². The fourth-order valence-electron chi connectivity index (χ4n) is 3.66. The molecule has 1 aromatic rings. The number of thiophene rings is 1. The number of quaternary nitrogens is 1. The third kappa shape index (κ3) is 3.81. The monoisotopic (exact) mass is 351 g/mol. The van der Waals surface area contributed by atoms with Crippen LogP contribution in [0.5, 0.6) is 0 Å². The molecule has 0 radical (unpaired) electrons. The number of fused-ring (bicyclic) bond motifs is 1. The standard InChI is InChI=1S/C18H26N2O3S/c1-3-23-18(22)16-13-5-4-6-14(13)24-17(16)19-15(21)11-20-9-7-12(2)8-10-20/h12H,3-11H2,1-2H3,(H,19,21)/p+1. The molecule has 2 aliphatic rings. The molecule has 132 valence electrons. The lowest BCUT2D eigenvalue weighted by Gasteiger charge is -2.26. The summed E-state index contributed by atoms with van der Waals surface area (Å²) in [7, 11) is 0. The van der Waals surface area contributed by atoms with Crippen LogP contribution in [-0.4, -0.2) is 38.1 Å². The van der Waals surface area contributed by atoms with E-state index in [1.807, 2.05) is 6.92 Å². The van der Waals surface area contributed by atoms with Gasteiger partial charge in [0.1, 0.15) is 5.00 Å². The van der Waals surface area contributed by atoms with Crippen molar-refractivity contribution in [3.63, 3.8) is 0 Å². The molecule has 1 aliphatic carbocycles. The maximum absolute atomic E-state index is 12.4. The Bertz CT molecular complexity index is 618. The quantitative estimate of drug-likeness (QED) is 0.794. The Morgan fingerprint density at radius 1 is 1.29 bits per heavy atom. The van der Waals surface area contributed by atoms with Crippen LogP contribution in [-0.2, 0) is 22.4 Å². The van der Waals surface area contributed by atoms with Gasteiger partial charge in [-0.1, -0.05) is 6.92 Å². The van der Waals surface area contributed by atoms with Crippen molar-refractivity contribution in [2.75, 3.05) is 31.6 Å². The number of anilines is 1. The summed E-state index contributed by atoms with van der Waals surface area (Å²) >= 11 is 1.55. The van der Waals surface area contributed by atoms with Crippen molar-refractivity contribution in [3.05, 3.63) is 16.0 Å². The van der Waals surface area contributed by atoms with Gasteiger partial charge in [0.25, 0.3) is 5.91 Å². The zero-order valence-electron chi connectivity index (χ0n) is 14.6. The number of likely N-dealkylation sites (tertiary alicyclic amines) is 1. The molecule has 2 heterocycles. The first-order chi connectivity index (χ1) is 11.6. The first-order valence-corrected chi connectivity index (χ1v) is 9.85. The van der Waals surface area contributed by atoms with Gasteiger partial charge in [-0.3, -0.25) is 4.79 Å². The molecule has 1 saturated heterocycles. The molecule has 3 rings (SSSR count). The van der Waals surface area contributed by atoms with E-state index in [-0.39, 0.29) is 11.9 Å². The van der Waals surface area contributed by atoms with Gasteiger partial charge in [0.05, 0.1) is 25.3 Å². The lowest BCUT2D eigenvalue weighted by Crippen LogP contribution is -3.14. The maximum Gasteiger partial charge on any atom is 0.341 e. The number of carbonyl (C=O) groups is 2. The molecule has 0 unspecified atom stereocenters. The Hall–Kier alpha value is -1.40. The van der Waals surface area contributed by atoms with Gasteiger partial charge in [-0.25, -0.2) is 4.79 Å². The predicted octanol–water partition coefficient (Wildman–Crippen LogP) is 1.67. The van der Waals surface area contributed by atoms with Crippen LogP contribution in [0.4, 0.5) is 5.00 Å². The second kappa shape index (κ2) is 7.66. The van der Waals surface area contributed by atoms with Crippen molar-refractivity contribution in [1.82, 2.24) is 0 Å². The van der Waals surface area contributed by atoms with E-state index in [1.54, 1.807) is 11.3 Å². The second-order valence-corrected chi connectivity index (χ2v) is 8.04. The molecule has 6 heteroatoms. The van der Waals surface area contributed by atoms with Gasteiger partial charge in [-0.15, -0.1) is 11.3 Å². The third-order valence-corrected chi connectivity index (χ3v) is 6.25. The highest BCUT2D eigenvalue weighted by Gasteiger charge is 2.29. The van der Waals surface area contributed by atoms with Gasteiger partial charge in [-0.2, -0.15) is 0 Å². The number of amides is 1. The minimum absolute atomic E-state index is 0.00465. The van der Waals surface area contributed by atoms with Crippen molar-refractivity contribution >= 4 is 28.2 Å². The summed E-state index contributed by atoms with van der Waals surface area (Å²) in [6, 6.07) is 0. The molecule has 2 N–H and O–H groups in total. The number of esters is 1. The fourth-order valence-corrected chi connectivity index (χ4v) is 4.95. The SMILES string of the molecule is CCOC(=O)c1c(NC(=O)C[NH+]2CCC(C)CC2)sc2c1CCC2. The maximum atomic E-state index is 12.4. The van der Waals surface area contributed by atoms with Gasteiger partial charge in [-0.05, 0) is 50.5 Å². The van der Waals surface area contributed by atoms with Gasteiger partial charge in [0.2, 0.25) is 0 Å². The summed E-state index contributed by atoms with van der Waals surface area (Å²) < 4.78 is 5.21. The van der Waals surface area contributed by atoms with E-state index in [4.69, 9.17) is 4.74 Å². The van der Waals surface area contributed by atoms with Crippen LogP contribution in [0.1, 0.15) is 53.9 Å². The number of hydrogen-bond acceptors (Lipinski definition) is 4. The van der Waals surface area contributed by atoms with Crippen LogP contribution in [0.3, 0.4) is 0 Å². The first kappa shape index (κ1) is 17.4. The largest absolute Gasteiger partial charge is 0.462 e. The van der Waals surface area contributed by atoms with Crippen molar-refractivity contribution in [3.8, 4) is 0 Å². The summed E-state index contributed by atoms with van der Waals surface area (Å²) in [5.41, 5.74) is 1.69. The number of aryl methyl sites for hydroxylation is 1. The summed E-state index contributed by atoms with van der Waals surface area (Å²) in [6.45, 7) is 7.03. The summed E-state index contributed by atoms with van der Waals surface area (Å²) in [5.74, 6) is 0.476. The van der Waals surface area contributed by atoms with E-state index in [0.29, 0.717) is 23.7 Å². The lowest BCUT2D eigenvalue weighted by molar-refractivity contribution is -0.897. The van der Waals surface area contributed by atoms with Crippen LogP contribution < -0.4 is 10.2 Å². The molecule has 0 spiro atoms. The normalized spacial score (nSPS) is 22.9. The zero-order valence-corrected chi connectivity index (χ0v) is 15.4. The van der Waals surface area contributed by atoms with Crippen molar-refractivity contribution < 1.29 is 19.2 Å². The Kier molecular flexibility index (Phi) is 5.56. The van der Waals surface area contributed by atoms with Gasteiger partial charge in [0, 0.05) is 4.88 Å². The van der Waals surface area contributed by atoms with Crippen LogP contribution in [0.2, 0.25) is 0 Å². The molecule has 24 heavy (non-hydrogen) atoms. The predicted molar refractivity (Wildman–Crippen MR) is 94.9 cm³/mol. The Balaban J connectivity index is 1.68. The Morgan fingerprint density at radius 2 is 2.04 bits per heavy atom. The number of piperidine rings is 1. The highest BCUT2D eigenvalue weighted by molar-refractivity contribution is 7.17. The molecule has 0 bridgehead atoms. The average Bonchev–Trinajstić information content (AvgIpc) is 3.10. The van der Waals surface area contributed by atoms with E-state index in [1.165, 1.54) is 22.6 Å². The summed E-state index contributed by atoms with van der Waals surface area (Å²) in [5, 5.41) is 3.68. The van der Waals surface area contributed by atoms with Gasteiger partial charge in [0.15, 0.2) is 6.54 Å².